The zero-order chi connectivity index (χ0) is 14.0. The molecule has 1 amide bonds. The van der Waals surface area contributed by atoms with Gasteiger partial charge in [0.25, 0.3) is 5.91 Å². The first-order chi connectivity index (χ1) is 9.02. The molecule has 6 heteroatoms. The number of carbonyl (C=O) groups is 1. The van der Waals surface area contributed by atoms with E-state index < -0.39 is 6.17 Å². The molecule has 0 saturated carbocycles. The Morgan fingerprint density at radius 1 is 1.68 bits per heavy atom. The van der Waals surface area contributed by atoms with Crippen LogP contribution in [-0.2, 0) is 0 Å². The molecule has 0 spiro atoms. The lowest BCUT2D eigenvalue weighted by molar-refractivity contribution is 0.0723. The largest absolute Gasteiger partial charge is 0.330 e. The van der Waals surface area contributed by atoms with Gasteiger partial charge in [0.05, 0.1) is 6.54 Å². The number of aromatic amines is 1. The first-order valence-corrected chi connectivity index (χ1v) is 6.67. The Kier molecular flexibility index (Phi) is 4.19. The zero-order valence-corrected chi connectivity index (χ0v) is 11.6. The van der Waals surface area contributed by atoms with E-state index in [0.29, 0.717) is 18.7 Å². The lowest BCUT2D eigenvalue weighted by atomic mass is 10.1. The number of rotatable bonds is 4. The van der Waals surface area contributed by atoms with Crippen molar-refractivity contribution in [3.8, 4) is 0 Å². The quantitative estimate of drug-likeness (QED) is 0.865. The maximum Gasteiger partial charge on any atom is 0.274 e. The van der Waals surface area contributed by atoms with Gasteiger partial charge in [-0.3, -0.25) is 9.89 Å². The predicted molar refractivity (Wildman–Crippen MR) is 70.9 cm³/mol. The minimum absolute atomic E-state index is 0.0910. The lowest BCUT2D eigenvalue weighted by Crippen LogP contribution is -2.41. The Labute approximate surface area is 112 Å². The number of nitrogens with one attached hydrogen (secondary N) is 2. The zero-order valence-electron chi connectivity index (χ0n) is 11.6. The van der Waals surface area contributed by atoms with Gasteiger partial charge < -0.3 is 10.2 Å². The Morgan fingerprint density at radius 3 is 3.00 bits per heavy atom. The highest BCUT2D eigenvalue weighted by Crippen LogP contribution is 2.22. The summed E-state index contributed by atoms with van der Waals surface area (Å²) in [6.07, 6.45) is -0.542. The first kappa shape index (κ1) is 14.0. The number of H-pyrrole nitrogens is 1. The van der Waals surface area contributed by atoms with Crippen LogP contribution in [0, 0.1) is 0 Å². The number of hydrogen-bond acceptors (Lipinski definition) is 3. The molecule has 5 nitrogen and oxygen atoms in total. The van der Waals surface area contributed by atoms with E-state index in [-0.39, 0.29) is 24.4 Å². The number of likely N-dealkylation sites (N-methyl/N-ethyl adjacent to an activating group) is 1. The Balaban J connectivity index is 2.13. The van der Waals surface area contributed by atoms with Crippen LogP contribution in [0.2, 0.25) is 0 Å². The van der Waals surface area contributed by atoms with Crippen molar-refractivity contribution in [2.45, 2.75) is 38.4 Å². The van der Waals surface area contributed by atoms with Crippen LogP contribution in [0.5, 0.6) is 0 Å². The van der Waals surface area contributed by atoms with Crippen molar-refractivity contribution in [1.82, 2.24) is 20.4 Å². The van der Waals surface area contributed by atoms with Crippen molar-refractivity contribution in [1.29, 1.82) is 0 Å². The molecule has 0 aliphatic carbocycles. The Hall–Kier alpha value is -1.43. The number of halogens is 1. The second-order valence-electron chi connectivity index (χ2n) is 5.37. The van der Waals surface area contributed by atoms with E-state index in [1.807, 2.05) is 13.8 Å². The predicted octanol–water partition coefficient (Wildman–Crippen LogP) is 1.31. The highest BCUT2D eigenvalue weighted by molar-refractivity contribution is 5.92. The highest BCUT2D eigenvalue weighted by atomic mass is 19.1. The summed E-state index contributed by atoms with van der Waals surface area (Å²) in [6.45, 7) is 4.82. The SMILES string of the molecule is CNC[C@@H]1C[C@H](F)CN1C(=O)c1cc(C(C)C)[nH]n1. The minimum atomic E-state index is -0.939. The van der Waals surface area contributed by atoms with Gasteiger partial charge in [-0.1, -0.05) is 13.8 Å². The summed E-state index contributed by atoms with van der Waals surface area (Å²) in [5.41, 5.74) is 1.29. The Morgan fingerprint density at radius 2 is 2.42 bits per heavy atom. The van der Waals surface area contributed by atoms with Crippen molar-refractivity contribution >= 4 is 5.91 Å². The Bertz CT molecular complexity index is 446. The van der Waals surface area contributed by atoms with E-state index in [4.69, 9.17) is 0 Å². The fourth-order valence-electron chi connectivity index (χ4n) is 2.43. The van der Waals surface area contributed by atoms with E-state index in [2.05, 4.69) is 15.5 Å². The molecule has 2 atom stereocenters. The van der Waals surface area contributed by atoms with E-state index >= 15 is 0 Å². The molecule has 1 saturated heterocycles. The number of carbonyl (C=O) groups excluding carboxylic acids is 1. The molecule has 19 heavy (non-hydrogen) atoms. The third-order valence-electron chi connectivity index (χ3n) is 3.50. The van der Waals surface area contributed by atoms with E-state index in [9.17, 15) is 9.18 Å². The third kappa shape index (κ3) is 2.94. The summed E-state index contributed by atoms with van der Waals surface area (Å²) in [6, 6.07) is 1.67. The summed E-state index contributed by atoms with van der Waals surface area (Å²) < 4.78 is 13.5. The van der Waals surface area contributed by atoms with Gasteiger partial charge in [-0.05, 0) is 19.0 Å². The number of alkyl halides is 1. The number of likely N-dealkylation sites (tertiary alicyclic amines) is 1. The van der Waals surface area contributed by atoms with Crippen LogP contribution in [0.25, 0.3) is 0 Å². The average molecular weight is 268 g/mol. The van der Waals surface area contributed by atoms with Crippen LogP contribution < -0.4 is 5.32 Å². The molecule has 0 radical (unpaired) electrons. The second kappa shape index (κ2) is 5.69. The fraction of sp³-hybridized carbons (Fsp3) is 0.692. The minimum Gasteiger partial charge on any atom is -0.330 e. The third-order valence-corrected chi connectivity index (χ3v) is 3.50. The molecule has 106 valence electrons. The van der Waals surface area contributed by atoms with Crippen LogP contribution in [0.15, 0.2) is 6.07 Å². The summed E-state index contributed by atoms with van der Waals surface area (Å²) in [7, 11) is 1.81. The van der Waals surface area contributed by atoms with Crippen LogP contribution in [-0.4, -0.2) is 53.4 Å². The molecule has 2 heterocycles. The molecular weight excluding hydrogens is 247 g/mol. The molecule has 1 aliphatic rings. The average Bonchev–Trinajstić information content (AvgIpc) is 2.95. The molecular formula is C13H21FN4O. The van der Waals surface area contributed by atoms with Gasteiger partial charge in [0.15, 0.2) is 0 Å². The van der Waals surface area contributed by atoms with Crippen LogP contribution >= 0.6 is 0 Å². The molecule has 0 bridgehead atoms. The normalized spacial score (nSPS) is 23.3. The molecule has 0 unspecified atom stereocenters. The number of nitrogens with zero attached hydrogens (tertiary/aromatic N) is 2. The molecule has 0 aromatic carbocycles. The lowest BCUT2D eigenvalue weighted by Gasteiger charge is -2.23. The van der Waals surface area contributed by atoms with Crippen molar-refractivity contribution in [2.75, 3.05) is 20.1 Å². The summed E-state index contributed by atoms with van der Waals surface area (Å²) in [5.74, 6) is 0.0956. The van der Waals surface area contributed by atoms with E-state index in [0.717, 1.165) is 5.69 Å². The summed E-state index contributed by atoms with van der Waals surface area (Å²) >= 11 is 0. The molecule has 1 aromatic rings. The van der Waals surface area contributed by atoms with E-state index in [1.54, 1.807) is 18.0 Å². The first-order valence-electron chi connectivity index (χ1n) is 6.67. The fourth-order valence-corrected chi connectivity index (χ4v) is 2.43. The van der Waals surface area contributed by atoms with Gasteiger partial charge in [0.2, 0.25) is 0 Å². The van der Waals surface area contributed by atoms with Gasteiger partial charge in [0, 0.05) is 24.7 Å². The second-order valence-corrected chi connectivity index (χ2v) is 5.37. The number of hydrogen-bond donors (Lipinski definition) is 2. The van der Waals surface area contributed by atoms with Crippen molar-refractivity contribution in [2.24, 2.45) is 0 Å². The van der Waals surface area contributed by atoms with Gasteiger partial charge in [-0.15, -0.1) is 0 Å². The monoisotopic (exact) mass is 268 g/mol. The summed E-state index contributed by atoms with van der Waals surface area (Å²) in [5, 5.41) is 9.90. The molecule has 1 fully saturated rings. The summed E-state index contributed by atoms with van der Waals surface area (Å²) in [4.78, 5) is 13.9. The molecule has 1 aliphatic heterocycles. The maximum atomic E-state index is 13.5. The highest BCUT2D eigenvalue weighted by Gasteiger charge is 2.36. The van der Waals surface area contributed by atoms with Crippen LogP contribution in [0.1, 0.15) is 42.4 Å². The van der Waals surface area contributed by atoms with Crippen molar-refractivity contribution < 1.29 is 9.18 Å². The van der Waals surface area contributed by atoms with E-state index in [1.165, 1.54) is 0 Å². The van der Waals surface area contributed by atoms with Gasteiger partial charge in [-0.2, -0.15) is 5.10 Å². The standard InChI is InChI=1S/C13H21FN4O/c1-8(2)11-5-12(17-16-11)13(19)18-7-9(14)4-10(18)6-15-3/h5,8-10,15H,4,6-7H2,1-3H3,(H,16,17)/t9-,10-/m0/s1. The van der Waals surface area contributed by atoms with Gasteiger partial charge in [0.1, 0.15) is 11.9 Å². The topological polar surface area (TPSA) is 61.0 Å². The number of aromatic nitrogens is 2. The molecule has 2 N–H and O–H groups in total. The van der Waals surface area contributed by atoms with Crippen molar-refractivity contribution in [3.05, 3.63) is 17.5 Å². The maximum absolute atomic E-state index is 13.5. The van der Waals surface area contributed by atoms with Crippen LogP contribution in [0.4, 0.5) is 4.39 Å². The number of amides is 1. The molecule has 1 aromatic heterocycles. The van der Waals surface area contributed by atoms with Gasteiger partial charge >= 0.3 is 0 Å². The smallest absolute Gasteiger partial charge is 0.274 e. The van der Waals surface area contributed by atoms with Crippen molar-refractivity contribution in [3.63, 3.8) is 0 Å². The van der Waals surface area contributed by atoms with Gasteiger partial charge in [-0.25, -0.2) is 4.39 Å². The van der Waals surface area contributed by atoms with Crippen LogP contribution in [0.3, 0.4) is 0 Å². The molecule has 2 rings (SSSR count).